The topological polar surface area (TPSA) is 86.4 Å². The summed E-state index contributed by atoms with van der Waals surface area (Å²) >= 11 is 1.72. The van der Waals surface area contributed by atoms with Crippen LogP contribution in [0.1, 0.15) is 32.1 Å². The lowest BCUT2D eigenvalue weighted by molar-refractivity contribution is -0.305. The van der Waals surface area contributed by atoms with Crippen LogP contribution in [-0.4, -0.2) is 40.3 Å². The molecule has 0 aliphatic rings. The van der Waals surface area contributed by atoms with Crippen molar-refractivity contribution in [2.45, 2.75) is 37.4 Å². The maximum absolute atomic E-state index is 10.3. The fourth-order valence-electron chi connectivity index (χ4n) is 1.36. The molecule has 0 rings (SSSR count). The van der Waals surface area contributed by atoms with Crippen LogP contribution in [0.3, 0.4) is 0 Å². The first-order valence-corrected chi connectivity index (χ1v) is 9.61. The van der Waals surface area contributed by atoms with Crippen molar-refractivity contribution in [3.8, 4) is 0 Å². The van der Waals surface area contributed by atoms with E-state index in [2.05, 4.69) is 0 Å². The van der Waals surface area contributed by atoms with E-state index >= 15 is 0 Å². The van der Waals surface area contributed by atoms with Gasteiger partial charge >= 0.3 is 0 Å². The second-order valence-corrected chi connectivity index (χ2v) is 7.68. The Morgan fingerprint density at radius 1 is 1.28 bits per heavy atom. The lowest BCUT2D eigenvalue weighted by Gasteiger charge is -2.15. The number of carbonyl (C=O) groups excluding carboxylic acids is 1. The van der Waals surface area contributed by atoms with Crippen molar-refractivity contribution in [1.29, 1.82) is 0 Å². The number of carbonyl (C=O) groups is 1. The predicted molar refractivity (Wildman–Crippen MR) is 80.5 cm³/mol. The van der Waals surface area contributed by atoms with Crippen molar-refractivity contribution in [3.05, 3.63) is 0 Å². The Bertz CT molecular complexity index is 198. The molecule has 0 aliphatic carbocycles. The molecule has 3 N–H and O–H groups in total. The van der Waals surface area contributed by atoms with Crippen molar-refractivity contribution >= 4 is 39.3 Å². The molecule has 7 heteroatoms. The van der Waals surface area contributed by atoms with Gasteiger partial charge in [0, 0.05) is 22.8 Å². The molecule has 0 bridgehead atoms. The molecule has 0 aromatic carbocycles. The molecule has 18 heavy (non-hydrogen) atoms. The van der Waals surface area contributed by atoms with Crippen molar-refractivity contribution in [1.82, 2.24) is 0 Å². The molecule has 0 unspecified atom stereocenters. The predicted octanol–water partition coefficient (Wildman–Crippen LogP) is 1.08. The summed E-state index contributed by atoms with van der Waals surface area (Å²) in [6.07, 6.45) is 3.85. The lowest BCUT2D eigenvalue weighted by atomic mass is 10.1. The van der Waals surface area contributed by atoms with Gasteiger partial charge in [0.05, 0.1) is 6.61 Å². The van der Waals surface area contributed by atoms with Crippen LogP contribution in [0.25, 0.3) is 0 Å². The van der Waals surface area contributed by atoms with E-state index in [-0.39, 0.29) is 13.0 Å². The van der Waals surface area contributed by atoms with Crippen LogP contribution in [0, 0.1) is 0 Å². The quantitative estimate of drug-likeness (QED) is 0.299. The number of hydrogen-bond donors (Lipinski definition) is 2. The SMILES string of the molecule is NCSCC[C@H](CCCCC(=O)[O-])SSCCO. The Morgan fingerprint density at radius 3 is 2.67 bits per heavy atom. The summed E-state index contributed by atoms with van der Waals surface area (Å²) in [5.41, 5.74) is 5.44. The third-order valence-corrected chi connectivity index (χ3v) is 5.95. The molecule has 0 amide bonds. The number of hydrogen-bond acceptors (Lipinski definition) is 7. The largest absolute Gasteiger partial charge is 0.550 e. The average Bonchev–Trinajstić information content (AvgIpc) is 2.34. The van der Waals surface area contributed by atoms with E-state index in [4.69, 9.17) is 10.8 Å². The molecule has 0 heterocycles. The summed E-state index contributed by atoms with van der Waals surface area (Å²) in [6, 6.07) is 0. The summed E-state index contributed by atoms with van der Waals surface area (Å²) in [7, 11) is 3.48. The van der Waals surface area contributed by atoms with Gasteiger partial charge in [-0.05, 0) is 31.4 Å². The van der Waals surface area contributed by atoms with Crippen LogP contribution in [0.15, 0.2) is 0 Å². The van der Waals surface area contributed by atoms with Gasteiger partial charge < -0.3 is 20.7 Å². The smallest absolute Gasteiger partial charge is 0.0530 e. The van der Waals surface area contributed by atoms with E-state index in [0.717, 1.165) is 30.8 Å². The zero-order valence-corrected chi connectivity index (χ0v) is 13.0. The van der Waals surface area contributed by atoms with Gasteiger partial charge in [0.2, 0.25) is 0 Å². The monoisotopic (exact) mass is 312 g/mol. The van der Waals surface area contributed by atoms with Gasteiger partial charge in [0.1, 0.15) is 0 Å². The van der Waals surface area contributed by atoms with Crippen molar-refractivity contribution < 1.29 is 15.0 Å². The summed E-state index contributed by atoms with van der Waals surface area (Å²) in [6.45, 7) is 0.201. The Labute approximate surface area is 121 Å². The molecular weight excluding hydrogens is 290 g/mol. The van der Waals surface area contributed by atoms with E-state index in [1.165, 1.54) is 0 Å². The first-order valence-electron chi connectivity index (χ1n) is 6.07. The molecule has 108 valence electrons. The number of aliphatic carboxylic acids is 1. The maximum Gasteiger partial charge on any atom is 0.0530 e. The average molecular weight is 313 g/mol. The number of aliphatic hydroxyl groups excluding tert-OH is 1. The van der Waals surface area contributed by atoms with Crippen LogP contribution in [0.4, 0.5) is 0 Å². The Kier molecular flexibility index (Phi) is 14.2. The summed E-state index contributed by atoms with van der Waals surface area (Å²) in [5.74, 6) is 1.46. The van der Waals surface area contributed by atoms with Crippen LogP contribution in [0.5, 0.6) is 0 Å². The standard InChI is InChI=1S/C11H23NO3S3/c12-9-16-7-5-10(18-17-8-6-13)3-1-2-4-11(14)15/h10,13H,1-9,12H2,(H,14,15)/p-1/t10-/m0/s1. The van der Waals surface area contributed by atoms with Crippen LogP contribution < -0.4 is 10.8 Å². The van der Waals surface area contributed by atoms with Crippen LogP contribution in [0.2, 0.25) is 0 Å². The fourth-order valence-corrected chi connectivity index (χ4v) is 4.64. The summed E-state index contributed by atoms with van der Waals surface area (Å²) in [5, 5.41) is 19.6. The van der Waals surface area contributed by atoms with Crippen molar-refractivity contribution in [2.24, 2.45) is 5.73 Å². The van der Waals surface area contributed by atoms with Crippen molar-refractivity contribution in [2.75, 3.05) is 24.0 Å². The molecule has 0 aromatic rings. The molecule has 0 fully saturated rings. The number of rotatable bonds is 13. The highest BCUT2D eigenvalue weighted by atomic mass is 33.1. The molecule has 0 saturated heterocycles. The highest BCUT2D eigenvalue weighted by molar-refractivity contribution is 8.76. The number of nitrogens with two attached hydrogens (primary N) is 1. The molecule has 0 radical (unpaired) electrons. The van der Waals surface area contributed by atoms with E-state index in [1.807, 2.05) is 0 Å². The molecule has 0 saturated carbocycles. The Morgan fingerprint density at radius 2 is 2.06 bits per heavy atom. The van der Waals surface area contributed by atoms with E-state index in [9.17, 15) is 9.90 Å². The molecule has 1 atom stereocenters. The number of thioether (sulfide) groups is 1. The van der Waals surface area contributed by atoms with Gasteiger partial charge in [-0.2, -0.15) is 0 Å². The van der Waals surface area contributed by atoms with E-state index in [1.54, 1.807) is 33.3 Å². The van der Waals surface area contributed by atoms with E-state index in [0.29, 0.717) is 17.5 Å². The molecular formula is C11H22NO3S3-. The first-order chi connectivity index (χ1) is 8.70. The van der Waals surface area contributed by atoms with Gasteiger partial charge in [0.15, 0.2) is 0 Å². The van der Waals surface area contributed by atoms with Crippen LogP contribution in [-0.2, 0) is 4.79 Å². The highest BCUT2D eigenvalue weighted by Gasteiger charge is 2.09. The minimum Gasteiger partial charge on any atom is -0.550 e. The second-order valence-electron chi connectivity index (χ2n) is 3.75. The normalized spacial score (nSPS) is 12.6. The summed E-state index contributed by atoms with van der Waals surface area (Å²) < 4.78 is 0. The number of carboxylic acid groups (broad SMARTS) is 1. The zero-order valence-electron chi connectivity index (χ0n) is 10.5. The molecule has 4 nitrogen and oxygen atoms in total. The third-order valence-electron chi connectivity index (χ3n) is 2.24. The van der Waals surface area contributed by atoms with Crippen LogP contribution >= 0.6 is 33.3 Å². The van der Waals surface area contributed by atoms with Gasteiger partial charge in [-0.3, -0.25) is 0 Å². The lowest BCUT2D eigenvalue weighted by Crippen LogP contribution is -2.21. The Balaban J connectivity index is 3.69. The Hall–Kier alpha value is 0.440. The second kappa shape index (κ2) is 13.9. The van der Waals surface area contributed by atoms with Gasteiger partial charge in [0.25, 0.3) is 0 Å². The van der Waals surface area contributed by atoms with E-state index < -0.39 is 5.97 Å². The minimum absolute atomic E-state index is 0.152. The third kappa shape index (κ3) is 12.9. The number of aliphatic hydroxyl groups is 1. The highest BCUT2D eigenvalue weighted by Crippen LogP contribution is 2.32. The zero-order chi connectivity index (χ0) is 13.6. The van der Waals surface area contributed by atoms with Crippen molar-refractivity contribution in [3.63, 3.8) is 0 Å². The first kappa shape index (κ1) is 18.4. The molecule has 0 aromatic heterocycles. The molecule has 0 spiro atoms. The summed E-state index contributed by atoms with van der Waals surface area (Å²) in [4.78, 5) is 10.3. The minimum atomic E-state index is -0.965. The molecule has 0 aliphatic heterocycles. The van der Waals surface area contributed by atoms with Gasteiger partial charge in [-0.1, -0.05) is 28.0 Å². The maximum atomic E-state index is 10.3. The number of unbranched alkanes of at least 4 members (excludes halogenated alkanes) is 1. The van der Waals surface area contributed by atoms with Gasteiger partial charge in [-0.25, -0.2) is 0 Å². The number of carboxylic acids is 1. The van der Waals surface area contributed by atoms with Gasteiger partial charge in [-0.15, -0.1) is 11.8 Å². The fraction of sp³-hybridized carbons (Fsp3) is 0.909.